The lowest BCUT2D eigenvalue weighted by molar-refractivity contribution is -0.118. The molecule has 0 aliphatic heterocycles. The van der Waals surface area contributed by atoms with Gasteiger partial charge in [-0.3, -0.25) is 4.79 Å². The number of rotatable bonds is 3. The van der Waals surface area contributed by atoms with Crippen molar-refractivity contribution in [1.82, 2.24) is 0 Å². The van der Waals surface area contributed by atoms with Crippen LogP contribution in [0.5, 0.6) is 0 Å². The van der Waals surface area contributed by atoms with Crippen molar-refractivity contribution in [3.8, 4) is 0 Å². The zero-order valence-corrected chi connectivity index (χ0v) is 8.67. The third kappa shape index (κ3) is 3.21. The van der Waals surface area contributed by atoms with Crippen LogP contribution >= 0.6 is 0 Å². The fourth-order valence-corrected chi connectivity index (χ4v) is 1.26. The highest BCUT2D eigenvalue weighted by Crippen LogP contribution is 2.21. The van der Waals surface area contributed by atoms with Crippen LogP contribution in [0.15, 0.2) is 11.8 Å². The molecule has 0 saturated heterocycles. The topological polar surface area (TPSA) is 26.3 Å². The first-order valence-corrected chi connectivity index (χ1v) is 4.97. The highest BCUT2D eigenvalue weighted by Gasteiger charge is 2.18. The molecule has 0 bridgehead atoms. The van der Waals surface area contributed by atoms with Gasteiger partial charge in [0.2, 0.25) is 0 Å². The number of carbonyl (C=O) groups excluding carboxylic acids is 1. The van der Waals surface area contributed by atoms with Gasteiger partial charge in [0.15, 0.2) is 5.78 Å². The minimum Gasteiger partial charge on any atom is -0.498 e. The van der Waals surface area contributed by atoms with E-state index in [-0.39, 0.29) is 11.7 Å². The van der Waals surface area contributed by atoms with Gasteiger partial charge in [0.25, 0.3) is 0 Å². The van der Waals surface area contributed by atoms with E-state index >= 15 is 0 Å². The molecular formula is C11H18O2. The summed E-state index contributed by atoms with van der Waals surface area (Å²) in [5.41, 5.74) is 0. The molecule has 1 rings (SSSR count). The summed E-state index contributed by atoms with van der Waals surface area (Å²) in [5, 5.41) is 0. The molecule has 0 spiro atoms. The Balaban J connectivity index is 2.43. The SMILES string of the molecule is CC(C)COC1=CC(=O)C(C)CC1. The number of ether oxygens (including phenoxy) is 1. The Morgan fingerprint density at radius 2 is 2.31 bits per heavy atom. The Morgan fingerprint density at radius 3 is 2.85 bits per heavy atom. The minimum atomic E-state index is 0.186. The number of hydrogen-bond donors (Lipinski definition) is 0. The molecule has 0 radical (unpaired) electrons. The van der Waals surface area contributed by atoms with Crippen molar-refractivity contribution in [2.24, 2.45) is 11.8 Å². The standard InChI is InChI=1S/C11H18O2/c1-8(2)7-13-10-5-4-9(3)11(12)6-10/h6,8-9H,4-5,7H2,1-3H3. The highest BCUT2D eigenvalue weighted by molar-refractivity contribution is 5.92. The lowest BCUT2D eigenvalue weighted by Gasteiger charge is -2.18. The molecule has 0 heterocycles. The molecule has 0 aromatic heterocycles. The minimum absolute atomic E-state index is 0.186. The zero-order chi connectivity index (χ0) is 9.84. The van der Waals surface area contributed by atoms with E-state index in [1.165, 1.54) is 0 Å². The summed E-state index contributed by atoms with van der Waals surface area (Å²) in [6.07, 6.45) is 3.51. The summed E-state index contributed by atoms with van der Waals surface area (Å²) in [6.45, 7) is 6.90. The fourth-order valence-electron chi connectivity index (χ4n) is 1.26. The average molecular weight is 182 g/mol. The van der Waals surface area contributed by atoms with Gasteiger partial charge in [-0.25, -0.2) is 0 Å². The predicted molar refractivity (Wildman–Crippen MR) is 52.3 cm³/mol. The molecule has 0 N–H and O–H groups in total. The maximum atomic E-state index is 11.3. The van der Waals surface area contributed by atoms with Crippen molar-refractivity contribution in [1.29, 1.82) is 0 Å². The van der Waals surface area contributed by atoms with E-state index in [2.05, 4.69) is 13.8 Å². The molecule has 74 valence electrons. The van der Waals surface area contributed by atoms with Crippen molar-refractivity contribution < 1.29 is 9.53 Å². The summed E-state index contributed by atoms with van der Waals surface area (Å²) in [4.78, 5) is 11.3. The predicted octanol–water partition coefficient (Wildman–Crippen LogP) is 2.54. The first kappa shape index (κ1) is 10.3. The molecule has 0 saturated carbocycles. The first-order chi connectivity index (χ1) is 6.09. The van der Waals surface area contributed by atoms with Crippen molar-refractivity contribution in [2.45, 2.75) is 33.6 Å². The second-order valence-electron chi connectivity index (χ2n) is 4.16. The molecule has 2 nitrogen and oxygen atoms in total. The molecule has 1 aliphatic carbocycles. The Bertz CT molecular complexity index is 216. The van der Waals surface area contributed by atoms with Gasteiger partial charge in [0, 0.05) is 18.4 Å². The van der Waals surface area contributed by atoms with Gasteiger partial charge < -0.3 is 4.74 Å². The van der Waals surface area contributed by atoms with Crippen LogP contribution in [0, 0.1) is 11.8 Å². The Kier molecular flexibility index (Phi) is 3.52. The third-order valence-corrected chi connectivity index (χ3v) is 2.21. The summed E-state index contributed by atoms with van der Waals surface area (Å²) in [6, 6.07) is 0. The van der Waals surface area contributed by atoms with Gasteiger partial charge >= 0.3 is 0 Å². The molecule has 1 aliphatic rings. The monoisotopic (exact) mass is 182 g/mol. The van der Waals surface area contributed by atoms with Crippen LogP contribution in [0.1, 0.15) is 33.6 Å². The van der Waals surface area contributed by atoms with E-state index < -0.39 is 0 Å². The van der Waals surface area contributed by atoms with Crippen LogP contribution in [-0.4, -0.2) is 12.4 Å². The molecule has 0 fully saturated rings. The van der Waals surface area contributed by atoms with Gasteiger partial charge in [-0.15, -0.1) is 0 Å². The van der Waals surface area contributed by atoms with Crippen LogP contribution in [0.3, 0.4) is 0 Å². The number of ketones is 1. The smallest absolute Gasteiger partial charge is 0.161 e. The van der Waals surface area contributed by atoms with Crippen LogP contribution < -0.4 is 0 Å². The molecule has 0 aromatic rings. The summed E-state index contributed by atoms with van der Waals surface area (Å²) in [7, 11) is 0. The van der Waals surface area contributed by atoms with E-state index in [0.717, 1.165) is 18.6 Å². The lowest BCUT2D eigenvalue weighted by Crippen LogP contribution is -2.16. The summed E-state index contributed by atoms with van der Waals surface area (Å²) in [5.74, 6) is 1.79. The van der Waals surface area contributed by atoms with Crippen LogP contribution in [0.4, 0.5) is 0 Å². The number of allylic oxidation sites excluding steroid dienone is 2. The van der Waals surface area contributed by atoms with E-state index in [0.29, 0.717) is 12.5 Å². The van der Waals surface area contributed by atoms with Crippen molar-refractivity contribution in [3.63, 3.8) is 0 Å². The van der Waals surface area contributed by atoms with Gasteiger partial charge in [-0.05, 0) is 12.3 Å². The molecule has 2 heteroatoms. The Morgan fingerprint density at radius 1 is 1.62 bits per heavy atom. The normalized spacial score (nSPS) is 23.2. The molecule has 1 atom stereocenters. The summed E-state index contributed by atoms with van der Waals surface area (Å²) < 4.78 is 5.50. The van der Waals surface area contributed by atoms with Gasteiger partial charge in [0.1, 0.15) is 0 Å². The molecule has 0 aromatic carbocycles. The van der Waals surface area contributed by atoms with Crippen molar-refractivity contribution in [3.05, 3.63) is 11.8 Å². The molecule has 13 heavy (non-hydrogen) atoms. The van der Waals surface area contributed by atoms with Crippen LogP contribution in [0.25, 0.3) is 0 Å². The second kappa shape index (κ2) is 4.45. The van der Waals surface area contributed by atoms with E-state index in [1.807, 2.05) is 6.92 Å². The maximum absolute atomic E-state index is 11.3. The van der Waals surface area contributed by atoms with Gasteiger partial charge in [0.05, 0.1) is 12.4 Å². The largest absolute Gasteiger partial charge is 0.498 e. The Hall–Kier alpha value is -0.790. The highest BCUT2D eigenvalue weighted by atomic mass is 16.5. The second-order valence-corrected chi connectivity index (χ2v) is 4.16. The number of carbonyl (C=O) groups is 1. The molecular weight excluding hydrogens is 164 g/mol. The summed E-state index contributed by atoms with van der Waals surface area (Å²) >= 11 is 0. The van der Waals surface area contributed by atoms with E-state index in [1.54, 1.807) is 6.08 Å². The van der Waals surface area contributed by atoms with Crippen LogP contribution in [0.2, 0.25) is 0 Å². The van der Waals surface area contributed by atoms with Crippen molar-refractivity contribution in [2.75, 3.05) is 6.61 Å². The lowest BCUT2D eigenvalue weighted by atomic mass is 9.94. The van der Waals surface area contributed by atoms with E-state index in [9.17, 15) is 4.79 Å². The number of hydrogen-bond acceptors (Lipinski definition) is 2. The Labute approximate surface area is 80.0 Å². The maximum Gasteiger partial charge on any atom is 0.161 e. The van der Waals surface area contributed by atoms with Crippen molar-refractivity contribution >= 4 is 5.78 Å². The third-order valence-electron chi connectivity index (χ3n) is 2.21. The van der Waals surface area contributed by atoms with Crippen LogP contribution in [-0.2, 0) is 9.53 Å². The zero-order valence-electron chi connectivity index (χ0n) is 8.67. The molecule has 0 amide bonds. The van der Waals surface area contributed by atoms with E-state index in [4.69, 9.17) is 4.74 Å². The average Bonchev–Trinajstić information content (AvgIpc) is 2.07. The fraction of sp³-hybridized carbons (Fsp3) is 0.727. The van der Waals surface area contributed by atoms with Gasteiger partial charge in [-0.1, -0.05) is 20.8 Å². The van der Waals surface area contributed by atoms with Gasteiger partial charge in [-0.2, -0.15) is 0 Å². The molecule has 1 unspecified atom stereocenters. The first-order valence-electron chi connectivity index (χ1n) is 4.97. The quantitative estimate of drug-likeness (QED) is 0.670.